The van der Waals surface area contributed by atoms with Gasteiger partial charge in [0.2, 0.25) is 0 Å². The molecule has 0 spiro atoms. The topological polar surface area (TPSA) is 94.2 Å². The summed E-state index contributed by atoms with van der Waals surface area (Å²) in [7, 11) is 3.00. The largest absolute Gasteiger partial charge is 0.469 e. The Morgan fingerprint density at radius 1 is 1.35 bits per heavy atom. The van der Waals surface area contributed by atoms with Crippen LogP contribution in [0.5, 0.6) is 0 Å². The van der Waals surface area contributed by atoms with Gasteiger partial charge in [-0.25, -0.2) is 4.99 Å². The fourth-order valence-corrected chi connectivity index (χ4v) is 1.88. The average molecular weight is 319 g/mol. The van der Waals surface area contributed by atoms with Gasteiger partial charge >= 0.3 is 5.97 Å². The minimum atomic E-state index is -0.435. The van der Waals surface area contributed by atoms with Crippen molar-refractivity contribution in [3.63, 3.8) is 0 Å². The van der Waals surface area contributed by atoms with Crippen LogP contribution in [0.3, 0.4) is 0 Å². The van der Waals surface area contributed by atoms with Gasteiger partial charge in [0.15, 0.2) is 0 Å². The third-order valence-electron chi connectivity index (χ3n) is 3.49. The van der Waals surface area contributed by atoms with E-state index in [1.807, 2.05) is 13.8 Å². The van der Waals surface area contributed by atoms with E-state index in [1.54, 1.807) is 19.2 Å². The van der Waals surface area contributed by atoms with Gasteiger partial charge in [0.05, 0.1) is 18.5 Å². The van der Waals surface area contributed by atoms with Gasteiger partial charge in [0.1, 0.15) is 5.84 Å². The Hall–Kier alpha value is -2.57. The zero-order chi connectivity index (χ0) is 17.4. The lowest BCUT2D eigenvalue weighted by molar-refractivity contribution is -0.384. The van der Waals surface area contributed by atoms with Crippen LogP contribution in [-0.4, -0.2) is 36.6 Å². The fraction of sp³-hybridized carbons (Fsp3) is 0.438. The summed E-state index contributed by atoms with van der Waals surface area (Å²) in [5.74, 6) is 0.279. The molecule has 1 aromatic rings. The number of hydrogen-bond acceptors (Lipinski definition) is 5. The molecule has 0 aliphatic rings. The van der Waals surface area contributed by atoms with Gasteiger partial charge in [0.25, 0.3) is 5.69 Å². The van der Waals surface area contributed by atoms with Crippen LogP contribution in [0.2, 0.25) is 0 Å². The predicted octanol–water partition coefficient (Wildman–Crippen LogP) is 2.83. The highest BCUT2D eigenvalue weighted by Crippen LogP contribution is 2.13. The molecule has 0 saturated heterocycles. The molecule has 0 fully saturated rings. The SMILES string of the molecule is CN=C(Cc1ccc([N+](=O)[O-])cc1)N=C(C)C(C)CC(=O)OC. The normalized spacial score (nSPS) is 13.6. The van der Waals surface area contributed by atoms with E-state index in [1.165, 1.54) is 19.2 Å². The number of carbonyl (C=O) groups excluding carboxylic acids is 1. The van der Waals surface area contributed by atoms with E-state index in [2.05, 4.69) is 14.7 Å². The number of hydrogen-bond donors (Lipinski definition) is 0. The van der Waals surface area contributed by atoms with Crippen molar-refractivity contribution in [2.75, 3.05) is 14.2 Å². The van der Waals surface area contributed by atoms with Crippen molar-refractivity contribution in [1.82, 2.24) is 0 Å². The quantitative estimate of drug-likeness (QED) is 0.265. The van der Waals surface area contributed by atoms with Crippen LogP contribution in [-0.2, 0) is 16.0 Å². The molecule has 0 N–H and O–H groups in total. The highest BCUT2D eigenvalue weighted by atomic mass is 16.6. The second-order valence-electron chi connectivity index (χ2n) is 5.17. The monoisotopic (exact) mass is 319 g/mol. The Kier molecular flexibility index (Phi) is 7.05. The number of carbonyl (C=O) groups is 1. The van der Waals surface area contributed by atoms with Crippen LogP contribution in [0, 0.1) is 16.0 Å². The summed E-state index contributed by atoms with van der Waals surface area (Å²) in [5, 5.41) is 10.6. The first-order valence-electron chi connectivity index (χ1n) is 7.18. The minimum absolute atomic E-state index is 0.0453. The maximum Gasteiger partial charge on any atom is 0.306 e. The maximum atomic E-state index is 11.3. The Morgan fingerprint density at radius 3 is 2.43 bits per heavy atom. The zero-order valence-corrected chi connectivity index (χ0v) is 13.8. The number of rotatable bonds is 6. The predicted molar refractivity (Wildman–Crippen MR) is 89.1 cm³/mol. The Labute approximate surface area is 135 Å². The highest BCUT2D eigenvalue weighted by molar-refractivity contribution is 5.99. The number of benzene rings is 1. The Balaban J connectivity index is 2.78. The lowest BCUT2D eigenvalue weighted by atomic mass is 10.0. The summed E-state index contributed by atoms with van der Waals surface area (Å²) in [6, 6.07) is 6.29. The zero-order valence-electron chi connectivity index (χ0n) is 13.8. The number of nitro groups is 1. The van der Waals surface area contributed by atoms with E-state index >= 15 is 0 Å². The van der Waals surface area contributed by atoms with E-state index < -0.39 is 4.92 Å². The molecular weight excluding hydrogens is 298 g/mol. The molecule has 0 bridgehead atoms. The van der Waals surface area contributed by atoms with Crippen molar-refractivity contribution in [3.05, 3.63) is 39.9 Å². The van der Waals surface area contributed by atoms with E-state index in [4.69, 9.17) is 0 Å². The highest BCUT2D eigenvalue weighted by Gasteiger charge is 2.13. The van der Waals surface area contributed by atoms with Crippen molar-refractivity contribution in [1.29, 1.82) is 0 Å². The molecule has 1 rings (SSSR count). The molecule has 0 amide bonds. The van der Waals surface area contributed by atoms with E-state index in [-0.39, 0.29) is 24.0 Å². The number of nitro benzene ring substituents is 1. The van der Waals surface area contributed by atoms with Crippen molar-refractivity contribution >= 4 is 23.2 Å². The molecule has 23 heavy (non-hydrogen) atoms. The van der Waals surface area contributed by atoms with E-state index in [0.717, 1.165) is 11.3 Å². The third kappa shape index (κ3) is 5.98. The van der Waals surface area contributed by atoms with E-state index in [9.17, 15) is 14.9 Å². The molecule has 0 saturated carbocycles. The van der Waals surface area contributed by atoms with Gasteiger partial charge in [-0.1, -0.05) is 19.1 Å². The molecule has 0 aliphatic heterocycles. The van der Waals surface area contributed by atoms with Gasteiger partial charge in [-0.2, -0.15) is 0 Å². The van der Waals surface area contributed by atoms with E-state index in [0.29, 0.717) is 12.3 Å². The molecule has 1 aromatic carbocycles. The number of methoxy groups -OCH3 is 1. The van der Waals surface area contributed by atoms with Crippen LogP contribution in [0.25, 0.3) is 0 Å². The standard InChI is InChI=1S/C16H21N3O4/c1-11(9-16(20)23-4)12(2)18-15(17-3)10-13-5-7-14(8-6-13)19(21)22/h5-8,11H,9-10H2,1-4H3. The van der Waals surface area contributed by atoms with Gasteiger partial charge in [0, 0.05) is 37.2 Å². The van der Waals surface area contributed by atoms with Crippen LogP contribution in [0.15, 0.2) is 34.3 Å². The van der Waals surface area contributed by atoms with Crippen LogP contribution in [0.1, 0.15) is 25.8 Å². The summed E-state index contributed by atoms with van der Waals surface area (Å²) >= 11 is 0. The summed E-state index contributed by atoms with van der Waals surface area (Å²) < 4.78 is 4.65. The summed E-state index contributed by atoms with van der Waals surface area (Å²) in [6.45, 7) is 3.74. The minimum Gasteiger partial charge on any atom is -0.469 e. The summed E-state index contributed by atoms with van der Waals surface area (Å²) in [6.07, 6.45) is 0.733. The molecule has 1 unspecified atom stereocenters. The van der Waals surface area contributed by atoms with Crippen molar-refractivity contribution in [2.24, 2.45) is 15.9 Å². The lowest BCUT2D eigenvalue weighted by Crippen LogP contribution is -2.16. The fourth-order valence-electron chi connectivity index (χ4n) is 1.88. The number of esters is 1. The summed E-state index contributed by atoms with van der Waals surface area (Å²) in [5.41, 5.74) is 1.72. The molecule has 0 heterocycles. The maximum absolute atomic E-state index is 11.3. The van der Waals surface area contributed by atoms with Crippen molar-refractivity contribution < 1.29 is 14.5 Å². The third-order valence-corrected chi connectivity index (χ3v) is 3.49. The second kappa shape index (κ2) is 8.77. The average Bonchev–Trinajstić information content (AvgIpc) is 2.54. The second-order valence-corrected chi connectivity index (χ2v) is 5.17. The first-order valence-corrected chi connectivity index (χ1v) is 7.18. The number of aliphatic imine (C=N–C) groups is 2. The molecule has 1 atom stereocenters. The number of non-ortho nitro benzene ring substituents is 1. The smallest absolute Gasteiger partial charge is 0.306 e. The molecule has 7 nitrogen and oxygen atoms in total. The van der Waals surface area contributed by atoms with Crippen LogP contribution in [0.4, 0.5) is 5.69 Å². The molecule has 0 aliphatic carbocycles. The van der Waals surface area contributed by atoms with Crippen LogP contribution >= 0.6 is 0 Å². The van der Waals surface area contributed by atoms with Gasteiger partial charge in [-0.05, 0) is 12.5 Å². The number of ether oxygens (including phenoxy) is 1. The van der Waals surface area contributed by atoms with Gasteiger partial charge < -0.3 is 4.74 Å². The van der Waals surface area contributed by atoms with Gasteiger partial charge in [-0.3, -0.25) is 19.9 Å². The van der Waals surface area contributed by atoms with Crippen LogP contribution < -0.4 is 0 Å². The molecule has 0 aromatic heterocycles. The Morgan fingerprint density at radius 2 is 1.96 bits per heavy atom. The first-order chi connectivity index (χ1) is 10.9. The number of nitrogens with zero attached hydrogens (tertiary/aromatic N) is 3. The molecular formula is C16H21N3O4. The summed E-state index contributed by atoms with van der Waals surface area (Å²) in [4.78, 5) is 30.1. The lowest BCUT2D eigenvalue weighted by Gasteiger charge is -2.10. The Bertz CT molecular complexity index is 621. The number of amidine groups is 1. The molecule has 0 radical (unpaired) electrons. The van der Waals surface area contributed by atoms with Crippen molar-refractivity contribution in [3.8, 4) is 0 Å². The molecule has 124 valence electrons. The van der Waals surface area contributed by atoms with Crippen molar-refractivity contribution in [2.45, 2.75) is 26.7 Å². The molecule has 7 heteroatoms. The first kappa shape index (κ1) is 18.5. The van der Waals surface area contributed by atoms with Gasteiger partial charge in [-0.15, -0.1) is 0 Å².